The second-order valence-corrected chi connectivity index (χ2v) is 7.76. The van der Waals surface area contributed by atoms with E-state index in [1.165, 1.54) is 19.3 Å². The molecular formula is C16H30N2OS. The molecule has 2 fully saturated rings. The SMILES string of the molecule is CCCCC1NC(C(C)C)N(C2CCC(SC)C2)C1=O. The maximum absolute atomic E-state index is 12.8. The molecule has 1 heterocycles. The Bertz CT molecular complexity index is 334. The highest BCUT2D eigenvalue weighted by atomic mass is 32.2. The van der Waals surface area contributed by atoms with Crippen molar-refractivity contribution in [2.24, 2.45) is 5.92 Å². The Hall–Kier alpha value is -0.220. The van der Waals surface area contributed by atoms with Crippen LogP contribution in [0.25, 0.3) is 0 Å². The van der Waals surface area contributed by atoms with E-state index in [1.807, 2.05) is 11.8 Å². The lowest BCUT2D eigenvalue weighted by molar-refractivity contribution is -0.132. The molecule has 0 aromatic rings. The van der Waals surface area contributed by atoms with Gasteiger partial charge in [-0.15, -0.1) is 0 Å². The third-order valence-electron chi connectivity index (χ3n) is 4.79. The Kier molecular flexibility index (Phi) is 5.79. The number of nitrogens with zero attached hydrogens (tertiary/aromatic N) is 1. The second kappa shape index (κ2) is 7.17. The van der Waals surface area contributed by atoms with Crippen LogP contribution in [0.1, 0.15) is 59.3 Å². The Morgan fingerprint density at radius 3 is 2.70 bits per heavy atom. The van der Waals surface area contributed by atoms with Gasteiger partial charge in [0.15, 0.2) is 0 Å². The molecular weight excluding hydrogens is 268 g/mol. The monoisotopic (exact) mass is 298 g/mol. The van der Waals surface area contributed by atoms with Crippen LogP contribution < -0.4 is 5.32 Å². The van der Waals surface area contributed by atoms with Gasteiger partial charge in [-0.25, -0.2) is 0 Å². The smallest absolute Gasteiger partial charge is 0.241 e. The Labute approximate surface area is 128 Å². The number of hydrogen-bond donors (Lipinski definition) is 1. The molecule has 0 bridgehead atoms. The van der Waals surface area contributed by atoms with Gasteiger partial charge in [0, 0.05) is 11.3 Å². The molecule has 20 heavy (non-hydrogen) atoms. The van der Waals surface area contributed by atoms with Crippen molar-refractivity contribution in [1.82, 2.24) is 10.2 Å². The maximum Gasteiger partial charge on any atom is 0.241 e. The molecule has 2 rings (SSSR count). The fourth-order valence-electron chi connectivity index (χ4n) is 3.59. The molecule has 1 aliphatic carbocycles. The first-order chi connectivity index (χ1) is 9.58. The zero-order valence-corrected chi connectivity index (χ0v) is 14.2. The van der Waals surface area contributed by atoms with Gasteiger partial charge in [0.2, 0.25) is 5.91 Å². The summed E-state index contributed by atoms with van der Waals surface area (Å²) >= 11 is 1.96. The first kappa shape index (κ1) is 16.2. The van der Waals surface area contributed by atoms with Crippen molar-refractivity contribution < 1.29 is 4.79 Å². The van der Waals surface area contributed by atoms with Crippen LogP contribution in [0.2, 0.25) is 0 Å². The van der Waals surface area contributed by atoms with E-state index in [4.69, 9.17) is 0 Å². The fourth-order valence-corrected chi connectivity index (χ4v) is 4.38. The molecule has 2 aliphatic rings. The minimum absolute atomic E-state index is 0.0654. The van der Waals surface area contributed by atoms with E-state index in [9.17, 15) is 4.79 Å². The highest BCUT2D eigenvalue weighted by Crippen LogP contribution is 2.35. The van der Waals surface area contributed by atoms with Crippen LogP contribution in [0.5, 0.6) is 0 Å². The van der Waals surface area contributed by atoms with Crippen molar-refractivity contribution in [3.8, 4) is 0 Å². The van der Waals surface area contributed by atoms with Gasteiger partial charge in [0.25, 0.3) is 0 Å². The number of hydrogen-bond acceptors (Lipinski definition) is 3. The number of rotatable bonds is 6. The minimum atomic E-state index is 0.0654. The van der Waals surface area contributed by atoms with Gasteiger partial charge in [-0.05, 0) is 37.9 Å². The van der Waals surface area contributed by atoms with Crippen LogP contribution in [0.15, 0.2) is 0 Å². The Balaban J connectivity index is 2.06. The highest BCUT2D eigenvalue weighted by molar-refractivity contribution is 7.99. The van der Waals surface area contributed by atoms with Crippen molar-refractivity contribution in [3.63, 3.8) is 0 Å². The van der Waals surface area contributed by atoms with Gasteiger partial charge in [0.1, 0.15) is 0 Å². The van der Waals surface area contributed by atoms with Crippen LogP contribution in [0.3, 0.4) is 0 Å². The molecule has 3 nitrogen and oxygen atoms in total. The summed E-state index contributed by atoms with van der Waals surface area (Å²) in [4.78, 5) is 15.0. The summed E-state index contributed by atoms with van der Waals surface area (Å²) in [7, 11) is 0. The molecule has 1 amide bonds. The Morgan fingerprint density at radius 2 is 2.15 bits per heavy atom. The van der Waals surface area contributed by atoms with Gasteiger partial charge >= 0.3 is 0 Å². The van der Waals surface area contributed by atoms with Crippen molar-refractivity contribution in [2.75, 3.05) is 6.26 Å². The largest absolute Gasteiger partial charge is 0.323 e. The second-order valence-electron chi connectivity index (χ2n) is 6.62. The minimum Gasteiger partial charge on any atom is -0.323 e. The van der Waals surface area contributed by atoms with Crippen molar-refractivity contribution in [3.05, 3.63) is 0 Å². The molecule has 0 aromatic carbocycles. The van der Waals surface area contributed by atoms with Gasteiger partial charge in [-0.1, -0.05) is 33.6 Å². The Morgan fingerprint density at radius 1 is 1.40 bits per heavy atom. The van der Waals surface area contributed by atoms with Crippen molar-refractivity contribution in [1.29, 1.82) is 0 Å². The third kappa shape index (κ3) is 3.33. The molecule has 0 spiro atoms. The van der Waals surface area contributed by atoms with Crippen LogP contribution >= 0.6 is 11.8 Å². The number of amides is 1. The van der Waals surface area contributed by atoms with Crippen LogP contribution in [0, 0.1) is 5.92 Å². The maximum atomic E-state index is 12.8. The molecule has 1 N–H and O–H groups in total. The topological polar surface area (TPSA) is 32.3 Å². The quantitative estimate of drug-likeness (QED) is 0.817. The zero-order valence-electron chi connectivity index (χ0n) is 13.4. The summed E-state index contributed by atoms with van der Waals surface area (Å²) in [5.74, 6) is 0.850. The van der Waals surface area contributed by atoms with Gasteiger partial charge < -0.3 is 4.90 Å². The molecule has 1 saturated carbocycles. The average molecular weight is 298 g/mol. The van der Waals surface area contributed by atoms with Gasteiger partial charge in [0.05, 0.1) is 12.2 Å². The van der Waals surface area contributed by atoms with Crippen LogP contribution in [-0.4, -0.2) is 40.6 Å². The first-order valence-corrected chi connectivity index (χ1v) is 9.48. The van der Waals surface area contributed by atoms with E-state index >= 15 is 0 Å². The lowest BCUT2D eigenvalue weighted by Crippen LogP contribution is -2.46. The normalized spacial score (nSPS) is 34.5. The average Bonchev–Trinajstić information content (AvgIpc) is 3.00. The van der Waals surface area contributed by atoms with Gasteiger partial charge in [-0.2, -0.15) is 11.8 Å². The third-order valence-corrected chi connectivity index (χ3v) is 5.88. The number of carbonyl (C=O) groups is 1. The van der Waals surface area contributed by atoms with E-state index in [2.05, 4.69) is 37.2 Å². The predicted molar refractivity (Wildman–Crippen MR) is 86.9 cm³/mol. The fraction of sp³-hybridized carbons (Fsp3) is 0.938. The number of thioether (sulfide) groups is 1. The van der Waals surface area contributed by atoms with Crippen molar-refractivity contribution in [2.45, 2.75) is 82.8 Å². The molecule has 0 radical (unpaired) electrons. The standard InChI is InChI=1S/C16H30N2OS/c1-5-6-7-14-16(19)18(15(17-14)11(2)3)12-8-9-13(10-12)20-4/h11-15,17H,5-10H2,1-4H3. The van der Waals surface area contributed by atoms with Crippen molar-refractivity contribution >= 4 is 17.7 Å². The first-order valence-electron chi connectivity index (χ1n) is 8.19. The van der Waals surface area contributed by atoms with E-state index in [0.717, 1.165) is 24.5 Å². The molecule has 4 heteroatoms. The van der Waals surface area contributed by atoms with Gasteiger partial charge in [-0.3, -0.25) is 10.1 Å². The van der Waals surface area contributed by atoms with E-state index < -0.39 is 0 Å². The lowest BCUT2D eigenvalue weighted by Gasteiger charge is -2.32. The van der Waals surface area contributed by atoms with E-state index in [1.54, 1.807) is 0 Å². The molecule has 0 aromatic heterocycles. The molecule has 1 aliphatic heterocycles. The lowest BCUT2D eigenvalue weighted by atomic mass is 10.1. The molecule has 116 valence electrons. The van der Waals surface area contributed by atoms with Crippen LogP contribution in [0.4, 0.5) is 0 Å². The predicted octanol–water partition coefficient (Wildman–Crippen LogP) is 3.24. The summed E-state index contributed by atoms with van der Waals surface area (Å²) in [6.07, 6.45) is 9.36. The summed E-state index contributed by atoms with van der Waals surface area (Å²) < 4.78 is 0. The highest BCUT2D eigenvalue weighted by Gasteiger charge is 2.44. The summed E-state index contributed by atoms with van der Waals surface area (Å²) in [5.41, 5.74) is 0. The number of unbranched alkanes of at least 4 members (excludes halogenated alkanes) is 1. The summed E-state index contributed by atoms with van der Waals surface area (Å²) in [6.45, 7) is 6.64. The van der Waals surface area contributed by atoms with E-state index in [-0.39, 0.29) is 12.2 Å². The molecule has 1 saturated heterocycles. The summed E-state index contributed by atoms with van der Waals surface area (Å²) in [6, 6.07) is 0.530. The van der Waals surface area contributed by atoms with Crippen LogP contribution in [-0.2, 0) is 4.79 Å². The zero-order chi connectivity index (χ0) is 14.7. The number of carbonyl (C=O) groups excluding carboxylic acids is 1. The molecule has 4 atom stereocenters. The molecule has 4 unspecified atom stereocenters. The number of nitrogens with one attached hydrogen (secondary N) is 1. The van der Waals surface area contributed by atoms with E-state index in [0.29, 0.717) is 17.9 Å². The summed E-state index contributed by atoms with van der Waals surface area (Å²) in [5, 5.41) is 4.35.